The van der Waals surface area contributed by atoms with E-state index >= 15 is 0 Å². The van der Waals surface area contributed by atoms with Gasteiger partial charge in [0, 0.05) is 11.8 Å². The minimum atomic E-state index is 0.824. The SMILES string of the molecule is C1=Nn2c(nc3ccccc32)Sc2ncncc21. The summed E-state index contributed by atoms with van der Waals surface area (Å²) in [7, 11) is 0. The van der Waals surface area contributed by atoms with Crippen molar-refractivity contribution in [3.63, 3.8) is 0 Å². The van der Waals surface area contributed by atoms with Gasteiger partial charge >= 0.3 is 0 Å². The zero-order valence-electron chi connectivity index (χ0n) is 9.19. The smallest absolute Gasteiger partial charge is 0.196 e. The van der Waals surface area contributed by atoms with Gasteiger partial charge in [0.2, 0.25) is 0 Å². The van der Waals surface area contributed by atoms with Gasteiger partial charge in [-0.05, 0) is 23.9 Å². The maximum absolute atomic E-state index is 4.56. The summed E-state index contributed by atoms with van der Waals surface area (Å²) in [6, 6.07) is 7.94. The molecular formula is C12H7N5S. The monoisotopic (exact) mass is 253 g/mol. The van der Waals surface area contributed by atoms with Crippen molar-refractivity contribution >= 4 is 29.0 Å². The molecule has 6 heteroatoms. The average Bonchev–Trinajstić information content (AvgIpc) is 2.65. The van der Waals surface area contributed by atoms with Crippen molar-refractivity contribution in [2.45, 2.75) is 10.2 Å². The third-order valence-electron chi connectivity index (χ3n) is 2.71. The van der Waals surface area contributed by atoms with Crippen molar-refractivity contribution in [3.05, 3.63) is 42.4 Å². The molecule has 0 bridgehead atoms. The fourth-order valence-corrected chi connectivity index (χ4v) is 2.75. The Morgan fingerprint density at radius 3 is 3.11 bits per heavy atom. The highest BCUT2D eigenvalue weighted by Crippen LogP contribution is 2.31. The average molecular weight is 253 g/mol. The molecule has 0 atom stereocenters. The van der Waals surface area contributed by atoms with Gasteiger partial charge in [0.1, 0.15) is 11.4 Å². The van der Waals surface area contributed by atoms with Crippen molar-refractivity contribution in [1.29, 1.82) is 0 Å². The molecule has 0 spiro atoms. The fourth-order valence-electron chi connectivity index (χ4n) is 1.88. The summed E-state index contributed by atoms with van der Waals surface area (Å²) < 4.78 is 1.84. The third kappa shape index (κ3) is 1.36. The molecule has 86 valence electrons. The molecule has 0 aliphatic carbocycles. The van der Waals surface area contributed by atoms with Crippen LogP contribution in [0.5, 0.6) is 0 Å². The van der Waals surface area contributed by atoms with Crippen molar-refractivity contribution in [2.24, 2.45) is 5.10 Å². The van der Waals surface area contributed by atoms with Crippen LogP contribution < -0.4 is 0 Å². The van der Waals surface area contributed by atoms with Crippen LogP contribution in [-0.2, 0) is 0 Å². The molecule has 1 aliphatic heterocycles. The van der Waals surface area contributed by atoms with E-state index < -0.39 is 0 Å². The molecular weight excluding hydrogens is 246 g/mol. The fraction of sp³-hybridized carbons (Fsp3) is 0. The van der Waals surface area contributed by atoms with E-state index in [1.165, 1.54) is 18.1 Å². The van der Waals surface area contributed by atoms with Crippen molar-refractivity contribution < 1.29 is 0 Å². The molecule has 5 nitrogen and oxygen atoms in total. The van der Waals surface area contributed by atoms with Crippen LogP contribution >= 0.6 is 11.8 Å². The Morgan fingerprint density at radius 2 is 2.11 bits per heavy atom. The first kappa shape index (κ1) is 9.78. The second kappa shape index (κ2) is 3.64. The molecule has 0 unspecified atom stereocenters. The predicted molar refractivity (Wildman–Crippen MR) is 68.9 cm³/mol. The minimum absolute atomic E-state index is 0.824. The Morgan fingerprint density at radius 1 is 1.17 bits per heavy atom. The van der Waals surface area contributed by atoms with Crippen LogP contribution in [0.3, 0.4) is 0 Å². The first-order valence-corrected chi connectivity index (χ1v) is 6.23. The molecule has 1 aromatic carbocycles. The van der Waals surface area contributed by atoms with Gasteiger partial charge in [0.15, 0.2) is 5.16 Å². The molecule has 0 N–H and O–H groups in total. The number of fused-ring (bicyclic) bond motifs is 4. The van der Waals surface area contributed by atoms with Crippen LogP contribution in [0.25, 0.3) is 11.0 Å². The van der Waals surface area contributed by atoms with E-state index in [9.17, 15) is 0 Å². The summed E-state index contributed by atoms with van der Waals surface area (Å²) in [5, 5.41) is 6.15. The molecule has 0 fully saturated rings. The predicted octanol–water partition coefficient (Wildman–Crippen LogP) is 2.17. The maximum Gasteiger partial charge on any atom is 0.196 e. The molecule has 1 aliphatic rings. The zero-order valence-corrected chi connectivity index (χ0v) is 10.0. The Hall–Kier alpha value is -2.21. The molecule has 2 aromatic heterocycles. The van der Waals surface area contributed by atoms with E-state index in [0.29, 0.717) is 0 Å². The van der Waals surface area contributed by atoms with Crippen LogP contribution in [0.15, 0.2) is 52.1 Å². The van der Waals surface area contributed by atoms with E-state index in [1.807, 2.05) is 28.9 Å². The van der Waals surface area contributed by atoms with Gasteiger partial charge in [0.05, 0.1) is 17.2 Å². The number of hydrogen-bond donors (Lipinski definition) is 0. The highest BCUT2D eigenvalue weighted by atomic mass is 32.2. The van der Waals surface area contributed by atoms with Gasteiger partial charge in [-0.15, -0.1) is 0 Å². The lowest BCUT2D eigenvalue weighted by Crippen LogP contribution is -1.90. The molecule has 3 heterocycles. The first-order chi connectivity index (χ1) is 8.92. The lowest BCUT2D eigenvalue weighted by Gasteiger charge is -1.98. The lowest BCUT2D eigenvalue weighted by atomic mass is 10.3. The van der Waals surface area contributed by atoms with E-state index in [2.05, 4.69) is 20.1 Å². The van der Waals surface area contributed by atoms with E-state index in [4.69, 9.17) is 0 Å². The Bertz CT molecular complexity index is 777. The summed E-state index contributed by atoms with van der Waals surface area (Å²) in [5.41, 5.74) is 2.85. The maximum atomic E-state index is 4.56. The molecule has 4 rings (SSSR count). The van der Waals surface area contributed by atoms with Gasteiger partial charge in [-0.2, -0.15) is 5.10 Å². The van der Waals surface area contributed by atoms with E-state index in [0.717, 1.165) is 26.8 Å². The number of aromatic nitrogens is 4. The normalized spacial score (nSPS) is 13.1. The largest absolute Gasteiger partial charge is 0.244 e. The number of imidazole rings is 1. The number of hydrogen-bond acceptors (Lipinski definition) is 5. The summed E-state index contributed by atoms with van der Waals surface area (Å²) >= 11 is 1.50. The second-order valence-corrected chi connectivity index (χ2v) is 4.78. The molecule has 0 amide bonds. The van der Waals surface area contributed by atoms with Crippen LogP contribution in [-0.4, -0.2) is 25.8 Å². The first-order valence-electron chi connectivity index (χ1n) is 5.41. The third-order valence-corrected chi connectivity index (χ3v) is 3.69. The Labute approximate surface area is 107 Å². The highest BCUT2D eigenvalue weighted by Gasteiger charge is 2.16. The summed E-state index contributed by atoms with van der Waals surface area (Å²) in [6.45, 7) is 0. The topological polar surface area (TPSA) is 56.0 Å². The van der Waals surface area contributed by atoms with Gasteiger partial charge < -0.3 is 0 Å². The van der Waals surface area contributed by atoms with Crippen molar-refractivity contribution in [1.82, 2.24) is 19.6 Å². The van der Waals surface area contributed by atoms with Crippen LogP contribution in [0.2, 0.25) is 0 Å². The minimum Gasteiger partial charge on any atom is -0.244 e. The highest BCUT2D eigenvalue weighted by molar-refractivity contribution is 7.99. The quantitative estimate of drug-likeness (QED) is 0.451. The van der Waals surface area contributed by atoms with Gasteiger partial charge in [0.25, 0.3) is 0 Å². The van der Waals surface area contributed by atoms with E-state index in [1.54, 1.807) is 12.4 Å². The number of para-hydroxylation sites is 2. The van der Waals surface area contributed by atoms with Crippen LogP contribution in [0, 0.1) is 0 Å². The number of rotatable bonds is 0. The molecule has 0 saturated heterocycles. The van der Waals surface area contributed by atoms with Gasteiger partial charge in [-0.3, -0.25) is 0 Å². The standard InChI is InChI=1S/C12H7N5S/c1-2-4-10-9(3-1)16-12-17(10)15-6-8-5-13-7-14-11(8)18-12/h1-7H. The van der Waals surface area contributed by atoms with Crippen LogP contribution in [0.4, 0.5) is 0 Å². The molecule has 0 saturated carbocycles. The second-order valence-electron chi connectivity index (χ2n) is 3.82. The molecule has 0 radical (unpaired) electrons. The lowest BCUT2D eigenvalue weighted by molar-refractivity contribution is 0.795. The van der Waals surface area contributed by atoms with Crippen molar-refractivity contribution in [2.75, 3.05) is 0 Å². The van der Waals surface area contributed by atoms with Crippen LogP contribution in [0.1, 0.15) is 5.56 Å². The van der Waals surface area contributed by atoms with Crippen molar-refractivity contribution in [3.8, 4) is 0 Å². The summed E-state index contributed by atoms with van der Waals surface area (Å²) in [6.07, 6.45) is 5.07. The molecule has 3 aromatic rings. The zero-order chi connectivity index (χ0) is 11.9. The number of benzene rings is 1. The Kier molecular flexibility index (Phi) is 1.98. The van der Waals surface area contributed by atoms with E-state index in [-0.39, 0.29) is 0 Å². The van der Waals surface area contributed by atoms with Gasteiger partial charge in [-0.25, -0.2) is 19.6 Å². The summed E-state index contributed by atoms with van der Waals surface area (Å²) in [5.74, 6) is 0. The van der Waals surface area contributed by atoms with Gasteiger partial charge in [-0.1, -0.05) is 12.1 Å². The number of nitrogens with zero attached hydrogens (tertiary/aromatic N) is 5. The summed E-state index contributed by atoms with van der Waals surface area (Å²) in [4.78, 5) is 12.8. The Balaban J connectivity index is 2.00. The molecule has 18 heavy (non-hydrogen) atoms.